The molecule has 0 aromatic heterocycles. The smallest absolute Gasteiger partial charge is 0.0455 e. The van der Waals surface area contributed by atoms with Crippen LogP contribution in [0.25, 0.3) is 0 Å². The zero-order valence-corrected chi connectivity index (χ0v) is 10.3. The normalized spacial score (nSPS) is 19.4. The van der Waals surface area contributed by atoms with Gasteiger partial charge in [-0.05, 0) is 51.1 Å². The van der Waals surface area contributed by atoms with Gasteiger partial charge in [-0.15, -0.1) is 0 Å². The first kappa shape index (κ1) is 10.2. The molecule has 1 aromatic carbocycles. The Kier molecular flexibility index (Phi) is 2.67. The second kappa shape index (κ2) is 3.67. The Morgan fingerprint density at radius 1 is 1.29 bits per heavy atom. The average molecular weight is 254 g/mol. The molecular formula is C12H16BrN. The molecular weight excluding hydrogens is 238 g/mol. The van der Waals surface area contributed by atoms with Crippen molar-refractivity contribution >= 4 is 15.9 Å². The van der Waals surface area contributed by atoms with E-state index in [4.69, 9.17) is 0 Å². The van der Waals surface area contributed by atoms with Gasteiger partial charge in [0, 0.05) is 10.0 Å². The third-order valence-electron chi connectivity index (χ3n) is 3.40. The van der Waals surface area contributed by atoms with Crippen LogP contribution < -0.4 is 0 Å². The van der Waals surface area contributed by atoms with Crippen molar-refractivity contribution in [2.24, 2.45) is 0 Å². The van der Waals surface area contributed by atoms with Gasteiger partial charge < -0.3 is 0 Å². The van der Waals surface area contributed by atoms with E-state index in [0.717, 1.165) is 0 Å². The monoisotopic (exact) mass is 253 g/mol. The first-order chi connectivity index (χ1) is 6.65. The molecule has 1 fully saturated rings. The van der Waals surface area contributed by atoms with Crippen LogP contribution in [0.4, 0.5) is 0 Å². The summed E-state index contributed by atoms with van der Waals surface area (Å²) in [6, 6.07) is 8.71. The van der Waals surface area contributed by atoms with E-state index in [0.29, 0.717) is 5.54 Å². The Bertz CT molecular complexity index is 329. The van der Waals surface area contributed by atoms with Crippen molar-refractivity contribution in [1.82, 2.24) is 4.90 Å². The van der Waals surface area contributed by atoms with Crippen LogP contribution in [-0.4, -0.2) is 19.0 Å². The maximum Gasteiger partial charge on any atom is 0.0455 e. The summed E-state index contributed by atoms with van der Waals surface area (Å²) in [5, 5.41) is 0. The lowest BCUT2D eigenvalue weighted by Gasteiger charge is -2.48. The minimum Gasteiger partial charge on any atom is -0.300 e. The van der Waals surface area contributed by atoms with Crippen molar-refractivity contribution in [3.63, 3.8) is 0 Å². The van der Waals surface area contributed by atoms with Gasteiger partial charge in [0.1, 0.15) is 0 Å². The molecule has 0 spiro atoms. The number of nitrogens with zero attached hydrogens (tertiary/aromatic N) is 1. The van der Waals surface area contributed by atoms with Gasteiger partial charge in [0.15, 0.2) is 0 Å². The lowest BCUT2D eigenvalue weighted by Crippen LogP contribution is -2.47. The number of hydrogen-bond donors (Lipinski definition) is 0. The van der Waals surface area contributed by atoms with Crippen molar-refractivity contribution in [3.8, 4) is 0 Å². The SMILES string of the molecule is CN(C)C1(c2cccc(Br)c2)CCC1. The summed E-state index contributed by atoms with van der Waals surface area (Å²) >= 11 is 3.54. The van der Waals surface area contributed by atoms with Crippen LogP contribution in [0.5, 0.6) is 0 Å². The van der Waals surface area contributed by atoms with E-state index < -0.39 is 0 Å². The third-order valence-corrected chi connectivity index (χ3v) is 3.89. The predicted octanol–water partition coefficient (Wildman–Crippen LogP) is 3.39. The fraction of sp³-hybridized carbons (Fsp3) is 0.500. The molecule has 1 nitrogen and oxygen atoms in total. The van der Waals surface area contributed by atoms with Crippen LogP contribution in [0.3, 0.4) is 0 Å². The number of halogens is 1. The molecule has 14 heavy (non-hydrogen) atoms. The van der Waals surface area contributed by atoms with Crippen molar-refractivity contribution in [2.75, 3.05) is 14.1 Å². The molecule has 0 bridgehead atoms. The van der Waals surface area contributed by atoms with Crippen LogP contribution in [0.2, 0.25) is 0 Å². The van der Waals surface area contributed by atoms with E-state index in [1.54, 1.807) is 0 Å². The highest BCUT2D eigenvalue weighted by molar-refractivity contribution is 9.10. The van der Waals surface area contributed by atoms with E-state index in [1.165, 1.54) is 29.3 Å². The summed E-state index contributed by atoms with van der Waals surface area (Å²) < 4.78 is 1.18. The maximum atomic E-state index is 3.54. The Morgan fingerprint density at radius 2 is 2.00 bits per heavy atom. The highest BCUT2D eigenvalue weighted by atomic mass is 79.9. The average Bonchev–Trinajstić information content (AvgIpc) is 2.00. The first-order valence-electron chi connectivity index (χ1n) is 5.09. The molecule has 0 N–H and O–H groups in total. The molecule has 1 aliphatic rings. The van der Waals surface area contributed by atoms with Gasteiger partial charge in [0.25, 0.3) is 0 Å². The fourth-order valence-corrected chi connectivity index (χ4v) is 2.68. The molecule has 0 saturated heterocycles. The Hall–Kier alpha value is -0.340. The molecule has 76 valence electrons. The predicted molar refractivity (Wildman–Crippen MR) is 63.4 cm³/mol. The largest absolute Gasteiger partial charge is 0.300 e. The van der Waals surface area contributed by atoms with E-state index in [2.05, 4.69) is 59.2 Å². The molecule has 0 atom stereocenters. The lowest BCUT2D eigenvalue weighted by molar-refractivity contribution is 0.0577. The minimum atomic E-state index is 0.309. The van der Waals surface area contributed by atoms with Gasteiger partial charge in [-0.1, -0.05) is 28.1 Å². The molecule has 0 amide bonds. The molecule has 2 heteroatoms. The Balaban J connectivity index is 2.37. The summed E-state index contributed by atoms with van der Waals surface area (Å²) in [4.78, 5) is 2.36. The quantitative estimate of drug-likeness (QED) is 0.781. The summed E-state index contributed by atoms with van der Waals surface area (Å²) in [6.07, 6.45) is 3.93. The number of rotatable bonds is 2. The summed E-state index contributed by atoms with van der Waals surface area (Å²) in [7, 11) is 4.36. The number of hydrogen-bond acceptors (Lipinski definition) is 1. The molecule has 1 saturated carbocycles. The van der Waals surface area contributed by atoms with Crippen LogP contribution in [0.1, 0.15) is 24.8 Å². The molecule has 0 radical (unpaired) electrons. The van der Waals surface area contributed by atoms with E-state index in [-0.39, 0.29) is 0 Å². The van der Waals surface area contributed by atoms with Gasteiger partial charge >= 0.3 is 0 Å². The molecule has 2 rings (SSSR count). The van der Waals surface area contributed by atoms with Crippen LogP contribution in [0.15, 0.2) is 28.7 Å². The van der Waals surface area contributed by atoms with Crippen molar-refractivity contribution in [3.05, 3.63) is 34.3 Å². The molecule has 0 aliphatic heterocycles. The summed E-state index contributed by atoms with van der Waals surface area (Å²) in [6.45, 7) is 0. The van der Waals surface area contributed by atoms with Crippen molar-refractivity contribution < 1.29 is 0 Å². The van der Waals surface area contributed by atoms with E-state index in [9.17, 15) is 0 Å². The van der Waals surface area contributed by atoms with Crippen LogP contribution in [0, 0.1) is 0 Å². The zero-order valence-electron chi connectivity index (χ0n) is 8.76. The van der Waals surface area contributed by atoms with Gasteiger partial charge in [-0.3, -0.25) is 4.90 Å². The summed E-state index contributed by atoms with van der Waals surface area (Å²) in [5.41, 5.74) is 1.76. The highest BCUT2D eigenvalue weighted by Crippen LogP contribution is 2.45. The standard InChI is InChI=1S/C12H16BrN/c1-14(2)12(7-4-8-12)10-5-3-6-11(13)9-10/h3,5-6,9H,4,7-8H2,1-2H3. The maximum absolute atomic E-state index is 3.54. The lowest BCUT2D eigenvalue weighted by atomic mass is 9.71. The minimum absolute atomic E-state index is 0.309. The zero-order chi connectivity index (χ0) is 10.2. The van der Waals surface area contributed by atoms with Gasteiger partial charge in [0.05, 0.1) is 0 Å². The second-order valence-corrected chi connectivity index (χ2v) is 5.21. The first-order valence-corrected chi connectivity index (χ1v) is 5.88. The second-order valence-electron chi connectivity index (χ2n) is 4.29. The third kappa shape index (κ3) is 1.51. The van der Waals surface area contributed by atoms with Crippen molar-refractivity contribution in [2.45, 2.75) is 24.8 Å². The molecule has 0 heterocycles. The number of benzene rings is 1. The van der Waals surface area contributed by atoms with E-state index >= 15 is 0 Å². The van der Waals surface area contributed by atoms with Gasteiger partial charge in [0.2, 0.25) is 0 Å². The Labute approximate surface area is 94.2 Å². The highest BCUT2D eigenvalue weighted by Gasteiger charge is 2.40. The molecule has 1 aliphatic carbocycles. The Morgan fingerprint density at radius 3 is 2.43 bits per heavy atom. The van der Waals surface area contributed by atoms with Crippen LogP contribution >= 0.6 is 15.9 Å². The summed E-state index contributed by atoms with van der Waals surface area (Å²) in [5.74, 6) is 0. The molecule has 0 unspecified atom stereocenters. The van der Waals surface area contributed by atoms with Crippen LogP contribution in [-0.2, 0) is 5.54 Å². The van der Waals surface area contributed by atoms with E-state index in [1.807, 2.05) is 0 Å². The van der Waals surface area contributed by atoms with Gasteiger partial charge in [-0.2, -0.15) is 0 Å². The van der Waals surface area contributed by atoms with Gasteiger partial charge in [-0.25, -0.2) is 0 Å². The fourth-order valence-electron chi connectivity index (χ4n) is 2.28. The van der Waals surface area contributed by atoms with Crippen molar-refractivity contribution in [1.29, 1.82) is 0 Å². The topological polar surface area (TPSA) is 3.24 Å². The molecule has 1 aromatic rings.